The fourth-order valence-corrected chi connectivity index (χ4v) is 3.80. The summed E-state index contributed by atoms with van der Waals surface area (Å²) in [5.41, 5.74) is 0. The first kappa shape index (κ1) is 13.8. The van der Waals surface area contributed by atoms with Crippen LogP contribution in [0.2, 0.25) is 0 Å². The summed E-state index contributed by atoms with van der Waals surface area (Å²) in [6, 6.07) is 0. The van der Waals surface area contributed by atoms with E-state index in [1.807, 2.05) is 0 Å². The van der Waals surface area contributed by atoms with E-state index in [-0.39, 0.29) is 36.3 Å². The van der Waals surface area contributed by atoms with Gasteiger partial charge in [-0.2, -0.15) is 0 Å². The smallest absolute Gasteiger partial charge is 0.309 e. The molecule has 4 aliphatic heterocycles. The Morgan fingerprint density at radius 3 is 1.30 bits per heavy atom. The Morgan fingerprint density at radius 2 is 1.15 bits per heavy atom. The van der Waals surface area contributed by atoms with E-state index in [4.69, 9.17) is 19.7 Å². The van der Waals surface area contributed by atoms with Gasteiger partial charge in [0.1, 0.15) is 0 Å². The van der Waals surface area contributed by atoms with Gasteiger partial charge in [-0.15, -0.1) is 0 Å². The molecule has 0 aromatic heterocycles. The first-order valence-corrected chi connectivity index (χ1v) is 7.31. The fourth-order valence-electron chi connectivity index (χ4n) is 3.80. The summed E-state index contributed by atoms with van der Waals surface area (Å²) in [6.07, 6.45) is 6.06. The molecule has 4 rings (SSSR count). The van der Waals surface area contributed by atoms with Crippen LogP contribution in [0.4, 0.5) is 0 Å². The summed E-state index contributed by atoms with van der Waals surface area (Å²) < 4.78 is 10.7. The van der Waals surface area contributed by atoms with Crippen molar-refractivity contribution in [1.82, 2.24) is 0 Å². The summed E-state index contributed by atoms with van der Waals surface area (Å²) in [5, 5.41) is 17.3. The van der Waals surface area contributed by atoms with Crippen LogP contribution >= 0.6 is 0 Å². The van der Waals surface area contributed by atoms with Crippen LogP contribution in [-0.4, -0.2) is 46.6 Å². The number of hydrogen-bond donors (Lipinski definition) is 2. The summed E-state index contributed by atoms with van der Waals surface area (Å²) in [7, 11) is 0. The molecule has 20 heavy (non-hydrogen) atoms. The lowest BCUT2D eigenvalue weighted by Crippen LogP contribution is -2.24. The lowest BCUT2D eigenvalue weighted by molar-refractivity contribution is -0.144. The molecule has 0 unspecified atom stereocenters. The molecule has 6 heteroatoms. The second kappa shape index (κ2) is 5.33. The van der Waals surface area contributed by atoms with E-state index in [1.165, 1.54) is 0 Å². The van der Waals surface area contributed by atoms with E-state index in [0.717, 1.165) is 38.5 Å². The molecule has 0 aliphatic carbocycles. The van der Waals surface area contributed by atoms with Gasteiger partial charge in [0.05, 0.1) is 36.3 Å². The first-order chi connectivity index (χ1) is 9.54. The molecule has 2 N–H and O–H groups in total. The molecule has 0 saturated carbocycles. The molecule has 4 bridgehead atoms. The maximum Gasteiger partial charge on any atom is 0.309 e. The molecule has 4 fully saturated rings. The maximum absolute atomic E-state index is 10.5. The van der Waals surface area contributed by atoms with Gasteiger partial charge in [0, 0.05) is 0 Å². The quantitative estimate of drug-likeness (QED) is 0.793. The number of aliphatic carboxylic acids is 2. The van der Waals surface area contributed by atoms with Crippen LogP contribution in [0.25, 0.3) is 0 Å². The van der Waals surface area contributed by atoms with Gasteiger partial charge < -0.3 is 19.7 Å². The van der Waals surface area contributed by atoms with Crippen molar-refractivity contribution < 1.29 is 29.3 Å². The normalized spacial score (nSPS) is 44.2. The zero-order valence-electron chi connectivity index (χ0n) is 11.2. The molecule has 4 saturated heterocycles. The summed E-state index contributed by atoms with van der Waals surface area (Å²) in [6.45, 7) is 0. The van der Waals surface area contributed by atoms with E-state index < -0.39 is 11.9 Å². The SMILES string of the molecule is O=C(O)[C@@H]1C[C@H]2CC[C@@H]1O2.O=C(O)[C@H]1C[C@@H]2CC[C@H]1O2. The number of carboxylic acids is 2. The van der Waals surface area contributed by atoms with Crippen molar-refractivity contribution >= 4 is 11.9 Å². The third-order valence-electron chi connectivity index (χ3n) is 4.85. The topological polar surface area (TPSA) is 93.1 Å². The molecule has 0 amide bonds. The molecule has 0 spiro atoms. The van der Waals surface area contributed by atoms with Crippen LogP contribution in [0, 0.1) is 11.8 Å². The average molecular weight is 284 g/mol. The Hall–Kier alpha value is -1.14. The van der Waals surface area contributed by atoms with Gasteiger partial charge in [-0.1, -0.05) is 0 Å². The first-order valence-electron chi connectivity index (χ1n) is 7.31. The fraction of sp³-hybridized carbons (Fsp3) is 0.857. The van der Waals surface area contributed by atoms with Crippen LogP contribution in [0.3, 0.4) is 0 Å². The van der Waals surface area contributed by atoms with Crippen LogP contribution in [0.1, 0.15) is 38.5 Å². The van der Waals surface area contributed by atoms with E-state index in [2.05, 4.69) is 0 Å². The third-order valence-corrected chi connectivity index (χ3v) is 4.85. The Bertz CT molecular complexity index is 370. The van der Waals surface area contributed by atoms with Crippen molar-refractivity contribution in [2.75, 3.05) is 0 Å². The Labute approximate surface area is 117 Å². The number of fused-ring (bicyclic) bond motifs is 4. The maximum atomic E-state index is 10.5. The predicted molar refractivity (Wildman–Crippen MR) is 67.3 cm³/mol. The molecule has 0 radical (unpaired) electrons. The Morgan fingerprint density at radius 1 is 0.750 bits per heavy atom. The monoisotopic (exact) mass is 284 g/mol. The molecule has 4 aliphatic rings. The number of carbonyl (C=O) groups is 2. The molecular formula is C14H20O6. The minimum absolute atomic E-state index is 0.0301. The van der Waals surface area contributed by atoms with Gasteiger partial charge in [-0.3, -0.25) is 9.59 Å². The van der Waals surface area contributed by atoms with Crippen LogP contribution in [0.15, 0.2) is 0 Å². The summed E-state index contributed by atoms with van der Waals surface area (Å²) in [4.78, 5) is 21.0. The predicted octanol–water partition coefficient (Wildman–Crippen LogP) is 1.28. The van der Waals surface area contributed by atoms with E-state index in [0.29, 0.717) is 0 Å². The standard InChI is InChI=1S/2C7H10O3/c2*8-7(9)5-3-4-1-2-6(5)10-4/h2*4-6H,1-3H2,(H,8,9)/t2*4-,5-,6+/m10/s1. The van der Waals surface area contributed by atoms with E-state index >= 15 is 0 Å². The van der Waals surface area contributed by atoms with E-state index in [9.17, 15) is 9.59 Å². The van der Waals surface area contributed by atoms with Crippen LogP contribution in [-0.2, 0) is 19.1 Å². The highest BCUT2D eigenvalue weighted by Gasteiger charge is 2.45. The van der Waals surface area contributed by atoms with Crippen molar-refractivity contribution in [3.8, 4) is 0 Å². The molecule has 4 heterocycles. The van der Waals surface area contributed by atoms with Crippen molar-refractivity contribution in [2.24, 2.45) is 11.8 Å². The Balaban J connectivity index is 0.000000121. The average Bonchev–Trinajstić information content (AvgIpc) is 3.18. The minimum atomic E-state index is -0.688. The summed E-state index contributed by atoms with van der Waals surface area (Å²) >= 11 is 0. The van der Waals surface area contributed by atoms with Crippen LogP contribution in [0.5, 0.6) is 0 Å². The van der Waals surface area contributed by atoms with Crippen molar-refractivity contribution in [3.05, 3.63) is 0 Å². The summed E-state index contributed by atoms with van der Waals surface area (Å²) in [5.74, 6) is -1.79. The van der Waals surface area contributed by atoms with Gasteiger partial charge in [-0.05, 0) is 38.5 Å². The molecular weight excluding hydrogens is 264 g/mol. The van der Waals surface area contributed by atoms with Gasteiger partial charge >= 0.3 is 11.9 Å². The van der Waals surface area contributed by atoms with Gasteiger partial charge in [0.25, 0.3) is 0 Å². The number of rotatable bonds is 2. The molecule has 112 valence electrons. The lowest BCUT2D eigenvalue weighted by Gasteiger charge is -2.12. The van der Waals surface area contributed by atoms with Crippen molar-refractivity contribution in [3.63, 3.8) is 0 Å². The zero-order chi connectivity index (χ0) is 14.3. The highest BCUT2D eigenvalue weighted by molar-refractivity contribution is 5.71. The van der Waals surface area contributed by atoms with Gasteiger partial charge in [0.2, 0.25) is 0 Å². The molecule has 6 atom stereocenters. The third kappa shape index (κ3) is 2.54. The molecule has 0 aromatic rings. The second-order valence-electron chi connectivity index (χ2n) is 6.11. The molecule has 6 nitrogen and oxygen atoms in total. The van der Waals surface area contributed by atoms with Gasteiger partial charge in [0.15, 0.2) is 0 Å². The van der Waals surface area contributed by atoms with Crippen molar-refractivity contribution in [1.29, 1.82) is 0 Å². The van der Waals surface area contributed by atoms with Gasteiger partial charge in [-0.25, -0.2) is 0 Å². The zero-order valence-corrected chi connectivity index (χ0v) is 11.2. The number of ether oxygens (including phenoxy) is 2. The van der Waals surface area contributed by atoms with Crippen molar-refractivity contribution in [2.45, 2.75) is 62.9 Å². The highest BCUT2D eigenvalue weighted by atomic mass is 16.5. The minimum Gasteiger partial charge on any atom is -0.481 e. The highest BCUT2D eigenvalue weighted by Crippen LogP contribution is 2.39. The molecule has 0 aromatic carbocycles. The van der Waals surface area contributed by atoms with Crippen LogP contribution < -0.4 is 0 Å². The number of hydrogen-bond acceptors (Lipinski definition) is 4. The Kier molecular flexibility index (Phi) is 3.69. The lowest BCUT2D eigenvalue weighted by atomic mass is 9.89. The largest absolute Gasteiger partial charge is 0.481 e. The van der Waals surface area contributed by atoms with E-state index in [1.54, 1.807) is 0 Å². The second-order valence-corrected chi connectivity index (χ2v) is 6.11. The number of carboxylic acid groups (broad SMARTS) is 2.